The Labute approximate surface area is 615 Å². The molecule has 490 valence electrons. The van der Waals surface area contributed by atoms with Crippen LogP contribution in [0.4, 0.5) is 68.2 Å². The Morgan fingerprint density at radius 1 is 0.257 bits per heavy atom. The molecule has 0 saturated carbocycles. The molecule has 15 aromatic carbocycles. The Kier molecular flexibility index (Phi) is 12.4. The van der Waals surface area contributed by atoms with Crippen LogP contribution in [0.1, 0.15) is 26.3 Å². The van der Waals surface area contributed by atoms with Crippen molar-refractivity contribution in [2.75, 3.05) is 19.6 Å². The molecule has 105 heavy (non-hydrogen) atoms. The van der Waals surface area contributed by atoms with Crippen LogP contribution < -0.4 is 83.0 Å². The summed E-state index contributed by atoms with van der Waals surface area (Å²) in [7, 11) is 0. The molecule has 0 fully saturated rings. The summed E-state index contributed by atoms with van der Waals surface area (Å²) in [6.07, 6.45) is 0. The molecule has 7 nitrogen and oxygen atoms in total. The summed E-state index contributed by atoms with van der Waals surface area (Å²) in [5.74, 6) is 4.96. The lowest BCUT2D eigenvalue weighted by Gasteiger charge is -2.50. The van der Waals surface area contributed by atoms with Gasteiger partial charge in [-0.15, -0.1) is 0 Å². The molecule has 0 N–H and O–H groups in total. The van der Waals surface area contributed by atoms with Crippen molar-refractivity contribution in [3.63, 3.8) is 0 Å². The molecular weight excluding hydrogens is 1300 g/mol. The maximum Gasteiger partial charge on any atom is 0.261 e. The van der Waals surface area contributed by atoms with Gasteiger partial charge in [-0.1, -0.05) is 275 Å². The fraction of sp³-hybridized carbons (Fsp3) is 0.0426. The van der Waals surface area contributed by atoms with E-state index in [2.05, 4.69) is 356 Å². The van der Waals surface area contributed by atoms with Crippen LogP contribution >= 0.6 is 11.8 Å². The second kappa shape index (κ2) is 22.0. The van der Waals surface area contributed by atoms with Crippen molar-refractivity contribution in [1.82, 2.24) is 0 Å². The lowest BCUT2D eigenvalue weighted by atomic mass is 9.28. The molecule has 0 radical (unpaired) electrons. The van der Waals surface area contributed by atoms with Gasteiger partial charge >= 0.3 is 0 Å². The quantitative estimate of drug-likeness (QED) is 0.153. The van der Waals surface area contributed by atoms with Crippen molar-refractivity contribution in [3.05, 3.63) is 321 Å². The fourth-order valence-electron chi connectivity index (χ4n) is 18.7. The molecule has 0 aliphatic carbocycles. The summed E-state index contributed by atoms with van der Waals surface area (Å²) in [5, 5.41) is 0. The fourth-order valence-corrected chi connectivity index (χ4v) is 19.8. The predicted molar refractivity (Wildman–Crippen MR) is 437 cm³/mol. The van der Waals surface area contributed by atoms with Crippen molar-refractivity contribution >= 4 is 149 Å². The number of hydrogen-bond acceptors (Lipinski definition) is 8. The molecular formula is C94H61B3N4O3S. The molecule has 0 atom stereocenters. The Hall–Kier alpha value is -12.6. The molecule has 23 rings (SSSR count). The molecule has 11 heteroatoms. The van der Waals surface area contributed by atoms with E-state index in [9.17, 15) is 0 Å². The predicted octanol–water partition coefficient (Wildman–Crippen LogP) is 19.1. The summed E-state index contributed by atoms with van der Waals surface area (Å²) in [5.41, 5.74) is 32.5. The van der Waals surface area contributed by atoms with Crippen LogP contribution in [0.25, 0.3) is 44.5 Å². The van der Waals surface area contributed by atoms with Crippen LogP contribution in [0.15, 0.2) is 325 Å². The van der Waals surface area contributed by atoms with Crippen molar-refractivity contribution < 1.29 is 14.2 Å². The molecule has 15 aromatic rings. The highest BCUT2D eigenvalue weighted by molar-refractivity contribution is 7.99. The summed E-state index contributed by atoms with van der Waals surface area (Å²) >= 11 is 1.87. The van der Waals surface area contributed by atoms with E-state index in [-0.39, 0.29) is 13.4 Å². The molecule has 8 heterocycles. The minimum Gasteiger partial charge on any atom is -0.459 e. The second-order valence-corrected chi connectivity index (χ2v) is 30.7. The largest absolute Gasteiger partial charge is 0.459 e. The van der Waals surface area contributed by atoms with E-state index in [0.29, 0.717) is 0 Å². The highest BCUT2D eigenvalue weighted by Crippen LogP contribution is 2.60. The minimum atomic E-state index is -0.547. The van der Waals surface area contributed by atoms with Crippen LogP contribution in [0.3, 0.4) is 0 Å². The topological polar surface area (TPSA) is 40.6 Å². The van der Waals surface area contributed by atoms with E-state index in [1.165, 1.54) is 26.5 Å². The van der Waals surface area contributed by atoms with E-state index in [1.54, 1.807) is 0 Å². The summed E-state index contributed by atoms with van der Waals surface area (Å²) in [4.78, 5) is 12.9. The zero-order valence-electron chi connectivity index (χ0n) is 57.7. The second-order valence-electron chi connectivity index (χ2n) is 29.6. The van der Waals surface area contributed by atoms with Gasteiger partial charge in [0.1, 0.15) is 23.0 Å². The molecule has 0 unspecified atom stereocenters. The van der Waals surface area contributed by atoms with Gasteiger partial charge in [0, 0.05) is 66.2 Å². The molecule has 0 spiro atoms. The van der Waals surface area contributed by atoms with E-state index in [0.717, 1.165) is 185 Å². The Morgan fingerprint density at radius 3 is 1.10 bits per heavy atom. The Balaban J connectivity index is 0.951. The number of benzene rings is 15. The highest BCUT2D eigenvalue weighted by Gasteiger charge is 2.56. The van der Waals surface area contributed by atoms with Crippen molar-refractivity contribution in [2.45, 2.75) is 36.0 Å². The molecule has 0 bridgehead atoms. The maximum atomic E-state index is 8.23. The standard InChI is InChI=1S/C94H61B3N4O3S/c1-94(2,3)60-52-71-83-72(53-60)101(89-63(58-32-12-6-13-33-58)38-25-39-64(89)59-34-14-7-15-35-59)76-55-74-85-93(104-78-47-21-17-41-66(78)96(85)68-43-27-51-82-91(68)99(74)70-45-19-23-50-81(70)105-82)87(76)97(83)86-75(100(71)88-61(56-28-8-4-9-29-56)36-24-37-62(88)57-30-10-5-11-31-57)54-73-84-92(86)103-77-46-20-16-40-65(77)95(84)67-42-26-49-80-90(67)98(73)69-44-18-22-48-79(69)102-80/h4-55H,1-3H3. The maximum absolute atomic E-state index is 8.23. The normalized spacial score (nSPS) is 14.1. The van der Waals surface area contributed by atoms with Crippen LogP contribution in [-0.4, -0.2) is 20.1 Å². The van der Waals surface area contributed by atoms with Crippen molar-refractivity contribution in [3.8, 4) is 79.0 Å². The van der Waals surface area contributed by atoms with Gasteiger partial charge in [0.2, 0.25) is 0 Å². The lowest BCUT2D eigenvalue weighted by molar-refractivity contribution is 0.476. The average Bonchev–Trinajstić information content (AvgIpc) is 0.662. The number of hydrogen-bond donors (Lipinski definition) is 0. The first-order valence-electron chi connectivity index (χ1n) is 36.4. The third-order valence-corrected chi connectivity index (χ3v) is 24.2. The molecule has 0 saturated heterocycles. The minimum absolute atomic E-state index is 0.205. The summed E-state index contributed by atoms with van der Waals surface area (Å²) in [6.45, 7) is 6.13. The first-order valence-corrected chi connectivity index (χ1v) is 37.2. The number of para-hydroxylation sites is 9. The SMILES string of the molecule is CC(C)(C)c1cc2c3c(c1)N(c1c(-c4ccccc4)cccc1-c1ccccc1)c1cc4c5c(c1B3c1c(cc3c6c1Oc1ccccc1B6c1cccc6c1N3c1ccccc1O6)N2c1c(-c2ccccc2)cccc1-c1ccccc1)Oc1ccccc1B5c1cccc2c1N4c1ccccc1S2. The number of nitrogens with zero attached hydrogens (tertiary/aromatic N) is 4. The Bertz CT molecular complexity index is 5800. The van der Waals surface area contributed by atoms with E-state index < -0.39 is 12.1 Å². The third-order valence-electron chi connectivity index (χ3n) is 23.0. The van der Waals surface area contributed by atoms with Gasteiger partial charge in [-0.2, -0.15) is 0 Å². The van der Waals surface area contributed by atoms with Gasteiger partial charge in [-0.3, -0.25) is 0 Å². The zero-order valence-corrected chi connectivity index (χ0v) is 58.5. The lowest BCUT2D eigenvalue weighted by Crippen LogP contribution is -2.67. The van der Waals surface area contributed by atoms with Crippen molar-refractivity contribution in [1.29, 1.82) is 0 Å². The van der Waals surface area contributed by atoms with Gasteiger partial charge in [0.15, 0.2) is 11.5 Å². The van der Waals surface area contributed by atoms with Gasteiger partial charge in [0.05, 0.1) is 34.1 Å². The first-order chi connectivity index (χ1) is 51.8. The summed E-state index contributed by atoms with van der Waals surface area (Å²) < 4.78 is 23.5. The first kappa shape index (κ1) is 59.0. The van der Waals surface area contributed by atoms with Gasteiger partial charge < -0.3 is 33.8 Å². The van der Waals surface area contributed by atoms with E-state index >= 15 is 0 Å². The number of fused-ring (bicyclic) bond motifs is 18. The Morgan fingerprint density at radius 2 is 0.610 bits per heavy atom. The van der Waals surface area contributed by atoms with Crippen LogP contribution in [-0.2, 0) is 5.41 Å². The van der Waals surface area contributed by atoms with E-state index in [4.69, 9.17) is 14.2 Å². The summed E-state index contributed by atoms with van der Waals surface area (Å²) in [6, 6.07) is 117. The molecule has 0 amide bonds. The van der Waals surface area contributed by atoms with Gasteiger partial charge in [-0.25, -0.2) is 0 Å². The number of anilines is 12. The monoisotopic (exact) mass is 1360 g/mol. The molecule has 8 aliphatic heterocycles. The van der Waals surface area contributed by atoms with E-state index in [1.807, 2.05) is 11.8 Å². The zero-order chi connectivity index (χ0) is 69.1. The molecule has 8 aliphatic rings. The van der Waals surface area contributed by atoms with Crippen LogP contribution in [0.5, 0.6) is 34.5 Å². The highest BCUT2D eigenvalue weighted by atomic mass is 32.2. The van der Waals surface area contributed by atoms with Gasteiger partial charge in [-0.05, 0) is 155 Å². The number of rotatable bonds is 6. The number of ether oxygens (including phenoxy) is 3. The average molecular weight is 1360 g/mol. The van der Waals surface area contributed by atoms with Gasteiger partial charge in [0.25, 0.3) is 20.1 Å². The van der Waals surface area contributed by atoms with Crippen LogP contribution in [0.2, 0.25) is 0 Å². The van der Waals surface area contributed by atoms with Crippen LogP contribution in [0, 0.1) is 0 Å². The van der Waals surface area contributed by atoms with Crippen molar-refractivity contribution in [2.24, 2.45) is 0 Å². The smallest absolute Gasteiger partial charge is 0.261 e. The molecule has 0 aromatic heterocycles. The third kappa shape index (κ3) is 8.27.